The Morgan fingerprint density at radius 2 is 0.531 bits per heavy atom. The molecular weight excluding hydrogens is 1560 g/mol. The van der Waals surface area contributed by atoms with E-state index in [4.69, 9.17) is 29.4 Å². The number of hydrogen-bond acceptors (Lipinski definition) is 6. The molecule has 596 valence electrons. The van der Waals surface area contributed by atoms with Gasteiger partial charge in [-0.1, -0.05) is 315 Å². The molecule has 0 amide bonds. The summed E-state index contributed by atoms with van der Waals surface area (Å²) >= 11 is 0. The van der Waals surface area contributed by atoms with Crippen molar-refractivity contribution in [1.29, 1.82) is 0 Å². The fourth-order valence-corrected chi connectivity index (χ4v) is 21.9. The van der Waals surface area contributed by atoms with Crippen LogP contribution >= 0.6 is 0 Å². The van der Waals surface area contributed by atoms with Crippen molar-refractivity contribution in [3.05, 3.63) is 481 Å². The first-order valence-corrected chi connectivity index (χ1v) is 43.7. The predicted molar refractivity (Wildman–Crippen MR) is 518 cm³/mol. The van der Waals surface area contributed by atoms with E-state index < -0.39 is 10.8 Å². The van der Waals surface area contributed by atoms with Crippen molar-refractivity contribution in [3.8, 4) is 114 Å². The topological polar surface area (TPSA) is 89.7 Å². The molecule has 0 saturated heterocycles. The van der Waals surface area contributed by atoms with Crippen LogP contribution in [-0.2, 0) is 10.8 Å². The lowest BCUT2D eigenvalue weighted by Gasteiger charge is -2.45. The van der Waals surface area contributed by atoms with Crippen LogP contribution < -0.4 is 9.47 Å². The van der Waals surface area contributed by atoms with Gasteiger partial charge >= 0.3 is 0 Å². The summed E-state index contributed by atoms with van der Waals surface area (Å²) in [6.07, 6.45) is 0. The van der Waals surface area contributed by atoms with E-state index in [1.807, 2.05) is 24.3 Å². The molecule has 128 heavy (non-hydrogen) atoms. The van der Waals surface area contributed by atoms with Crippen molar-refractivity contribution in [2.24, 2.45) is 0 Å². The highest BCUT2D eigenvalue weighted by molar-refractivity contribution is 6.17. The van der Waals surface area contributed by atoms with Crippen molar-refractivity contribution in [3.63, 3.8) is 0 Å². The Hall–Kier alpha value is -17.1. The number of benzene rings is 18. The Kier molecular flexibility index (Phi) is 15.5. The van der Waals surface area contributed by atoms with Gasteiger partial charge in [0.25, 0.3) is 0 Å². The third-order valence-corrected chi connectivity index (χ3v) is 27.2. The fourth-order valence-electron chi connectivity index (χ4n) is 21.9. The number of para-hydroxylation sites is 10. The molecule has 28 rings (SSSR count). The van der Waals surface area contributed by atoms with E-state index in [0.29, 0.717) is 11.6 Å². The van der Waals surface area contributed by atoms with Gasteiger partial charge in [0.05, 0.1) is 89.1 Å². The maximum atomic E-state index is 7.32. The Balaban J connectivity index is 0.000000132. The van der Waals surface area contributed by atoms with Crippen molar-refractivity contribution in [2.75, 3.05) is 0 Å². The van der Waals surface area contributed by atoms with Gasteiger partial charge in [0, 0.05) is 116 Å². The maximum absolute atomic E-state index is 7.32. The lowest BCUT2D eigenvalue weighted by atomic mass is 9.61. The fraction of sp³-hybridized carbons (Fsp3) is 0.0169. The minimum Gasteiger partial charge on any atom is -0.457 e. The molecule has 2 atom stereocenters. The molecule has 6 aromatic heterocycles. The van der Waals surface area contributed by atoms with Crippen LogP contribution in [0.25, 0.3) is 178 Å². The highest BCUT2D eigenvalue weighted by Crippen LogP contribution is 2.64. The van der Waals surface area contributed by atoms with Gasteiger partial charge in [-0.3, -0.25) is 0 Å². The zero-order valence-electron chi connectivity index (χ0n) is 69.0. The van der Waals surface area contributed by atoms with Crippen LogP contribution in [-0.4, -0.2) is 38.2 Å². The summed E-state index contributed by atoms with van der Waals surface area (Å²) in [6, 6.07) is 156. The van der Waals surface area contributed by atoms with Crippen LogP contribution in [0.1, 0.15) is 44.5 Å². The molecule has 10 heterocycles. The zero-order chi connectivity index (χ0) is 83.9. The molecule has 24 aromatic rings. The van der Waals surface area contributed by atoms with Gasteiger partial charge in [-0.2, -0.15) is 0 Å². The van der Waals surface area contributed by atoms with Crippen LogP contribution in [0.5, 0.6) is 23.0 Å². The van der Waals surface area contributed by atoms with E-state index in [1.54, 1.807) is 0 Å². The minimum absolute atomic E-state index is 0.656. The molecular formula is C118H72N8O2. The van der Waals surface area contributed by atoms with Crippen molar-refractivity contribution >= 4 is 87.2 Å². The van der Waals surface area contributed by atoms with Crippen LogP contribution in [0.3, 0.4) is 0 Å². The molecule has 0 aliphatic carbocycles. The number of nitrogens with zero attached hydrogens (tertiary/aromatic N) is 8. The molecule has 0 fully saturated rings. The average Bonchev–Trinajstić information content (AvgIpc) is 1.37. The second kappa shape index (κ2) is 27.7. The Labute approximate surface area is 735 Å². The van der Waals surface area contributed by atoms with Crippen LogP contribution in [0.4, 0.5) is 0 Å². The first-order chi connectivity index (χ1) is 63.5. The summed E-state index contributed by atoms with van der Waals surface area (Å²) in [5, 5.41) is 9.65. The number of aromatic nitrogens is 8. The summed E-state index contributed by atoms with van der Waals surface area (Å²) in [6.45, 7) is 0. The first-order valence-electron chi connectivity index (χ1n) is 43.7. The van der Waals surface area contributed by atoms with E-state index in [0.717, 1.165) is 140 Å². The molecule has 0 saturated carbocycles. The largest absolute Gasteiger partial charge is 0.457 e. The third kappa shape index (κ3) is 10.2. The van der Waals surface area contributed by atoms with Gasteiger partial charge < -0.3 is 27.7 Å². The van der Waals surface area contributed by atoms with Gasteiger partial charge in [0.15, 0.2) is 17.4 Å². The molecule has 0 bridgehead atoms. The van der Waals surface area contributed by atoms with Gasteiger partial charge in [0.2, 0.25) is 0 Å². The van der Waals surface area contributed by atoms with Crippen molar-refractivity contribution in [2.45, 2.75) is 10.8 Å². The molecule has 2 spiro atoms. The lowest BCUT2D eigenvalue weighted by Crippen LogP contribution is -2.37. The molecule has 4 aliphatic rings. The average molecular weight is 1630 g/mol. The molecule has 0 radical (unpaired) electrons. The molecule has 18 aromatic carbocycles. The number of hydrogen-bond donors (Lipinski definition) is 0. The second-order valence-electron chi connectivity index (χ2n) is 33.7. The van der Waals surface area contributed by atoms with E-state index in [9.17, 15) is 0 Å². The molecule has 4 aliphatic heterocycles. The van der Waals surface area contributed by atoms with Gasteiger partial charge in [-0.25, -0.2) is 19.9 Å². The van der Waals surface area contributed by atoms with Crippen molar-refractivity contribution < 1.29 is 9.47 Å². The number of fused-ring (bicyclic) bond motifs is 29. The Morgan fingerprint density at radius 1 is 0.188 bits per heavy atom. The van der Waals surface area contributed by atoms with Gasteiger partial charge in [-0.15, -0.1) is 0 Å². The van der Waals surface area contributed by atoms with E-state index in [2.05, 4.69) is 431 Å². The van der Waals surface area contributed by atoms with Gasteiger partial charge in [-0.05, 0) is 138 Å². The summed E-state index contributed by atoms with van der Waals surface area (Å²) < 4.78 is 24.1. The van der Waals surface area contributed by atoms with Crippen LogP contribution in [0.2, 0.25) is 0 Å². The molecule has 10 heteroatoms. The molecule has 10 nitrogen and oxygen atoms in total. The monoisotopic (exact) mass is 1630 g/mol. The normalized spacial score (nSPS) is 14.8. The summed E-state index contributed by atoms with van der Waals surface area (Å²) in [4.78, 5) is 20.5. The predicted octanol–water partition coefficient (Wildman–Crippen LogP) is 28.9. The van der Waals surface area contributed by atoms with Crippen LogP contribution in [0.15, 0.2) is 437 Å². The highest BCUT2D eigenvalue weighted by Gasteiger charge is 2.53. The minimum atomic E-state index is -0.679. The number of ether oxygens (including phenoxy) is 2. The smallest absolute Gasteiger partial charge is 0.160 e. The lowest BCUT2D eigenvalue weighted by molar-refractivity contribution is 0.434. The number of rotatable bonds is 8. The third-order valence-electron chi connectivity index (χ3n) is 27.2. The summed E-state index contributed by atoms with van der Waals surface area (Å²) in [5.41, 5.74) is 31.5. The van der Waals surface area contributed by atoms with E-state index in [-0.39, 0.29) is 0 Å². The molecule has 2 unspecified atom stereocenters. The van der Waals surface area contributed by atoms with Crippen molar-refractivity contribution in [1.82, 2.24) is 38.2 Å². The van der Waals surface area contributed by atoms with Crippen LogP contribution in [0, 0.1) is 0 Å². The van der Waals surface area contributed by atoms with E-state index >= 15 is 0 Å². The summed E-state index contributed by atoms with van der Waals surface area (Å²) in [5.74, 6) is 4.79. The highest BCUT2D eigenvalue weighted by atomic mass is 16.5. The molecule has 0 N–H and O–H groups in total. The Bertz CT molecular complexity index is 8640. The maximum Gasteiger partial charge on any atom is 0.160 e. The summed E-state index contributed by atoms with van der Waals surface area (Å²) in [7, 11) is 0. The standard InChI is InChI=1S/2C59H36N4O/c1-3-16-37(17-4-1)49-35-50(38-18-5-2-6-19-38)61-58(60-49)39-30-32-40(33-31-39)62-51-26-11-8-21-42(51)44-34-48-56(36-54(44)62)64-55-29-14-10-24-46(55)59(48)45-23-9-13-28-53(45)63-52-27-12-7-20-41(52)43-22-15-25-47(59)57(43)63;1-3-16-37(17-4-1)49-36-50(38-18-5-2-6-19-38)61-58(60-49)39-30-32-40(33-31-39)62-51-26-11-7-21-42(51)44-34-35-48-57(56(44)62)64-54-29-14-10-24-46(54)59(48)45-23-9-13-28-53(45)63-52-27-12-8-20-41(52)43-22-15-25-47(59)55(43)63/h2*1-36H. The first kappa shape index (κ1) is 71.5. The zero-order valence-corrected chi connectivity index (χ0v) is 69.0. The van der Waals surface area contributed by atoms with Gasteiger partial charge in [0.1, 0.15) is 17.2 Å². The quantitative estimate of drug-likeness (QED) is 0.151. The van der Waals surface area contributed by atoms with E-state index in [1.165, 1.54) is 93.4 Å². The SMILES string of the molecule is c1ccc(-c2cc(-c3ccccc3)nc(-c3ccc(-n4c5ccccc5c5cc6c(cc54)Oc4ccccc4C64c5ccccc5-n5c6ccccc6c6cccc4c65)cc3)n2)cc1.c1ccc(-c2cc(-c3ccccc3)nc(-c3ccc(-n4c5ccccc5c5ccc6c(c54)Oc4ccccc4C64c5ccccc5-n5c6ccccc6c6cccc4c65)cc3)n2)cc1. The second-order valence-corrected chi connectivity index (χ2v) is 33.7. The Morgan fingerprint density at radius 3 is 0.992 bits per heavy atom.